The Balaban J connectivity index is 1.90. The van der Waals surface area contributed by atoms with Crippen molar-refractivity contribution < 1.29 is 9.53 Å². The van der Waals surface area contributed by atoms with E-state index in [2.05, 4.69) is 0 Å². The highest BCUT2D eigenvalue weighted by Crippen LogP contribution is 2.42. The molecule has 0 aromatic heterocycles. The quantitative estimate of drug-likeness (QED) is 0.654. The van der Waals surface area contributed by atoms with E-state index in [1.165, 1.54) is 25.7 Å². The third-order valence-corrected chi connectivity index (χ3v) is 3.81. The third kappa shape index (κ3) is 2.73. The van der Waals surface area contributed by atoms with Crippen LogP contribution in [-0.4, -0.2) is 12.1 Å². The summed E-state index contributed by atoms with van der Waals surface area (Å²) in [6.45, 7) is 3.86. The average Bonchev–Trinajstić information content (AvgIpc) is 2.16. The molecule has 0 spiro atoms. The van der Waals surface area contributed by atoms with E-state index in [1.807, 2.05) is 13.8 Å². The van der Waals surface area contributed by atoms with Gasteiger partial charge in [0.15, 0.2) is 0 Å². The fraction of sp³-hybridized carbons (Fsp3) is 0.923. The van der Waals surface area contributed by atoms with Crippen molar-refractivity contribution in [3.05, 3.63) is 0 Å². The number of carbonyl (C=O) groups is 1. The summed E-state index contributed by atoms with van der Waals surface area (Å²) in [4.78, 5) is 11.8. The van der Waals surface area contributed by atoms with Crippen LogP contribution in [-0.2, 0) is 9.53 Å². The van der Waals surface area contributed by atoms with Gasteiger partial charge in [-0.25, -0.2) is 0 Å². The first-order valence-electron chi connectivity index (χ1n) is 6.35. The summed E-state index contributed by atoms with van der Waals surface area (Å²) in [5, 5.41) is 0. The van der Waals surface area contributed by atoms with E-state index in [9.17, 15) is 4.79 Å². The Hall–Kier alpha value is -0.530. The number of fused-ring (bicyclic) bond motifs is 2. The summed E-state index contributed by atoms with van der Waals surface area (Å²) in [5.41, 5.74) is 0. The predicted molar refractivity (Wildman–Crippen MR) is 59.4 cm³/mol. The van der Waals surface area contributed by atoms with Gasteiger partial charge in [-0.05, 0) is 44.9 Å². The van der Waals surface area contributed by atoms with E-state index in [1.54, 1.807) is 0 Å². The van der Waals surface area contributed by atoms with Gasteiger partial charge in [-0.3, -0.25) is 4.79 Å². The fourth-order valence-electron chi connectivity index (χ4n) is 3.25. The molecule has 2 heteroatoms. The maximum atomic E-state index is 11.8. The number of rotatable bonds is 2. The molecule has 15 heavy (non-hydrogen) atoms. The summed E-state index contributed by atoms with van der Waals surface area (Å²) in [6.07, 6.45) is 7.63. The Morgan fingerprint density at radius 1 is 1.13 bits per heavy atom. The zero-order valence-corrected chi connectivity index (χ0v) is 9.87. The van der Waals surface area contributed by atoms with Gasteiger partial charge >= 0.3 is 5.97 Å². The Labute approximate surface area is 92.4 Å². The van der Waals surface area contributed by atoms with E-state index in [4.69, 9.17) is 4.74 Å². The molecule has 2 rings (SSSR count). The van der Waals surface area contributed by atoms with Crippen LogP contribution in [0.25, 0.3) is 0 Å². The number of hydrogen-bond donors (Lipinski definition) is 0. The van der Waals surface area contributed by atoms with E-state index < -0.39 is 0 Å². The molecular formula is C13H22O2. The maximum absolute atomic E-state index is 11.8. The van der Waals surface area contributed by atoms with Crippen molar-refractivity contribution in [2.45, 2.75) is 58.5 Å². The summed E-state index contributed by atoms with van der Waals surface area (Å²) >= 11 is 0. The Kier molecular flexibility index (Phi) is 3.32. The fourth-order valence-corrected chi connectivity index (χ4v) is 3.25. The normalized spacial score (nSPS) is 35.3. The molecule has 0 saturated heterocycles. The van der Waals surface area contributed by atoms with Crippen LogP contribution in [0.4, 0.5) is 0 Å². The van der Waals surface area contributed by atoms with Gasteiger partial charge in [-0.2, -0.15) is 0 Å². The summed E-state index contributed by atoms with van der Waals surface area (Å²) in [5.74, 6) is 1.88. The largest absolute Gasteiger partial charge is 0.463 e. The van der Waals surface area contributed by atoms with E-state index >= 15 is 0 Å². The highest BCUT2D eigenvalue weighted by atomic mass is 16.5. The number of esters is 1. The highest BCUT2D eigenvalue weighted by Gasteiger charge is 2.35. The van der Waals surface area contributed by atoms with Crippen molar-refractivity contribution in [1.29, 1.82) is 0 Å². The molecule has 2 aliphatic carbocycles. The SMILES string of the molecule is CC(C)OC(=O)C1CC2CCCC(C2)C1. The third-order valence-electron chi connectivity index (χ3n) is 3.81. The van der Waals surface area contributed by atoms with Crippen molar-refractivity contribution in [2.24, 2.45) is 17.8 Å². The van der Waals surface area contributed by atoms with Crippen LogP contribution in [0.15, 0.2) is 0 Å². The Bertz CT molecular complexity index is 223. The topological polar surface area (TPSA) is 26.3 Å². The highest BCUT2D eigenvalue weighted by molar-refractivity contribution is 5.72. The van der Waals surface area contributed by atoms with Crippen LogP contribution < -0.4 is 0 Å². The van der Waals surface area contributed by atoms with Gasteiger partial charge in [0.1, 0.15) is 0 Å². The van der Waals surface area contributed by atoms with E-state index in [0.717, 1.165) is 24.7 Å². The first-order chi connectivity index (χ1) is 7.15. The van der Waals surface area contributed by atoms with Crippen molar-refractivity contribution in [3.63, 3.8) is 0 Å². The molecule has 0 aliphatic heterocycles. The van der Waals surface area contributed by atoms with E-state index in [0.29, 0.717) is 0 Å². The van der Waals surface area contributed by atoms with Crippen molar-refractivity contribution in [2.75, 3.05) is 0 Å². The zero-order chi connectivity index (χ0) is 10.8. The molecule has 2 nitrogen and oxygen atoms in total. The predicted octanol–water partition coefficient (Wildman–Crippen LogP) is 3.15. The minimum Gasteiger partial charge on any atom is -0.463 e. The van der Waals surface area contributed by atoms with Gasteiger partial charge in [0.2, 0.25) is 0 Å². The lowest BCUT2D eigenvalue weighted by Gasteiger charge is -2.38. The van der Waals surface area contributed by atoms with Gasteiger partial charge in [0.05, 0.1) is 12.0 Å². The standard InChI is InChI=1S/C13H22O2/c1-9(2)15-13(14)12-7-10-4-3-5-11(6-10)8-12/h9-12H,3-8H2,1-2H3. The van der Waals surface area contributed by atoms with Crippen molar-refractivity contribution >= 4 is 5.97 Å². The number of hydrogen-bond acceptors (Lipinski definition) is 2. The lowest BCUT2D eigenvalue weighted by Crippen LogP contribution is -2.32. The second-order valence-corrected chi connectivity index (χ2v) is 5.55. The molecule has 2 unspecified atom stereocenters. The molecule has 2 fully saturated rings. The molecule has 86 valence electrons. The summed E-state index contributed by atoms with van der Waals surface area (Å²) < 4.78 is 5.32. The van der Waals surface area contributed by atoms with Crippen molar-refractivity contribution in [3.8, 4) is 0 Å². The monoisotopic (exact) mass is 210 g/mol. The van der Waals surface area contributed by atoms with Crippen LogP contribution in [0, 0.1) is 17.8 Å². The number of carbonyl (C=O) groups excluding carboxylic acids is 1. The van der Waals surface area contributed by atoms with Crippen LogP contribution in [0.3, 0.4) is 0 Å². The minimum atomic E-state index is 0.0410. The van der Waals surface area contributed by atoms with Crippen molar-refractivity contribution in [1.82, 2.24) is 0 Å². The van der Waals surface area contributed by atoms with Gasteiger partial charge in [-0.1, -0.05) is 19.3 Å². The molecule has 0 amide bonds. The summed E-state index contributed by atoms with van der Waals surface area (Å²) in [7, 11) is 0. The lowest BCUT2D eigenvalue weighted by atomic mass is 9.68. The van der Waals surface area contributed by atoms with Gasteiger partial charge in [0.25, 0.3) is 0 Å². The summed E-state index contributed by atoms with van der Waals surface area (Å²) in [6, 6.07) is 0. The van der Waals surface area contributed by atoms with Gasteiger partial charge < -0.3 is 4.74 Å². The average molecular weight is 210 g/mol. The van der Waals surface area contributed by atoms with E-state index in [-0.39, 0.29) is 18.0 Å². The molecule has 0 radical (unpaired) electrons. The Morgan fingerprint density at radius 2 is 1.73 bits per heavy atom. The minimum absolute atomic E-state index is 0.0410. The molecular weight excluding hydrogens is 188 g/mol. The smallest absolute Gasteiger partial charge is 0.309 e. The van der Waals surface area contributed by atoms with Gasteiger partial charge in [-0.15, -0.1) is 0 Å². The zero-order valence-electron chi connectivity index (χ0n) is 9.87. The molecule has 0 aromatic carbocycles. The lowest BCUT2D eigenvalue weighted by molar-refractivity contribution is -0.155. The van der Waals surface area contributed by atoms with Crippen LogP contribution in [0.2, 0.25) is 0 Å². The Morgan fingerprint density at radius 3 is 2.27 bits per heavy atom. The molecule has 0 heterocycles. The molecule has 0 N–H and O–H groups in total. The molecule has 2 saturated carbocycles. The van der Waals surface area contributed by atoms with Gasteiger partial charge in [0, 0.05) is 0 Å². The molecule has 2 atom stereocenters. The van der Waals surface area contributed by atoms with Crippen LogP contribution in [0.5, 0.6) is 0 Å². The first-order valence-corrected chi connectivity index (χ1v) is 6.35. The second kappa shape index (κ2) is 4.54. The van der Waals surface area contributed by atoms with Crippen LogP contribution in [0.1, 0.15) is 52.4 Å². The van der Waals surface area contributed by atoms with Crippen LogP contribution >= 0.6 is 0 Å². The second-order valence-electron chi connectivity index (χ2n) is 5.55. The number of ether oxygens (including phenoxy) is 1. The molecule has 2 aliphatic rings. The first kappa shape index (κ1) is 11.0. The maximum Gasteiger partial charge on any atom is 0.309 e. The molecule has 0 aromatic rings. The molecule has 2 bridgehead atoms.